The number of rotatable bonds is 3. The van der Waals surface area contributed by atoms with E-state index in [1.54, 1.807) is 6.07 Å². The van der Waals surface area contributed by atoms with Crippen molar-refractivity contribution in [3.8, 4) is 5.75 Å². The first-order valence-electron chi connectivity index (χ1n) is 11.5. The number of fused-ring (bicyclic) bond motifs is 5. The van der Waals surface area contributed by atoms with Crippen LogP contribution in [-0.4, -0.2) is 19.6 Å². The van der Waals surface area contributed by atoms with Gasteiger partial charge in [-0.15, -0.1) is 0 Å². The normalized spacial score (nSPS) is 31.5. The maximum Gasteiger partial charge on any atom is 0.416 e. The molecule has 0 radical (unpaired) electrons. The molecule has 3 aliphatic carbocycles. The molecule has 8 heteroatoms. The standard InChI is InChI=1S/C25H28F3NO3S/c1-24-13-12-20-19-9-5-17(30)14-15(19)2-8-21(20)22(24)10-11-23(24)29-33(31,32)18-6-3-16(4-7-18)25(26,27)28/h3-7,9,14,20-23,29-30H,2,8,10-13H2,1H3/t20-,21-,22+,23+,24+/m1/s1. The molecule has 5 rings (SSSR count). The number of alkyl halides is 3. The van der Waals surface area contributed by atoms with Crippen LogP contribution >= 0.6 is 0 Å². The summed E-state index contributed by atoms with van der Waals surface area (Å²) < 4.78 is 67.5. The van der Waals surface area contributed by atoms with E-state index in [1.165, 1.54) is 11.1 Å². The molecule has 0 aliphatic heterocycles. The summed E-state index contributed by atoms with van der Waals surface area (Å²) in [6, 6.07) is 9.13. The zero-order valence-corrected chi connectivity index (χ0v) is 19.2. The van der Waals surface area contributed by atoms with Crippen LogP contribution in [0.1, 0.15) is 61.6 Å². The Morgan fingerprint density at radius 2 is 1.76 bits per heavy atom. The van der Waals surface area contributed by atoms with E-state index in [2.05, 4.69) is 11.6 Å². The number of sulfonamides is 1. The fraction of sp³-hybridized carbons (Fsp3) is 0.520. The molecule has 0 spiro atoms. The van der Waals surface area contributed by atoms with Crippen molar-refractivity contribution in [3.63, 3.8) is 0 Å². The first-order chi connectivity index (χ1) is 15.5. The van der Waals surface area contributed by atoms with Crippen LogP contribution in [-0.2, 0) is 22.6 Å². The summed E-state index contributed by atoms with van der Waals surface area (Å²) in [5, 5.41) is 9.85. The Morgan fingerprint density at radius 1 is 1.03 bits per heavy atom. The van der Waals surface area contributed by atoms with Gasteiger partial charge in [0.1, 0.15) is 5.75 Å². The van der Waals surface area contributed by atoms with E-state index in [0.29, 0.717) is 23.5 Å². The molecule has 0 heterocycles. The van der Waals surface area contributed by atoms with E-state index in [0.717, 1.165) is 62.8 Å². The quantitative estimate of drug-likeness (QED) is 0.601. The van der Waals surface area contributed by atoms with Crippen molar-refractivity contribution in [2.75, 3.05) is 0 Å². The van der Waals surface area contributed by atoms with Crippen molar-refractivity contribution in [1.82, 2.24) is 4.72 Å². The molecule has 0 saturated heterocycles. The van der Waals surface area contributed by atoms with Crippen molar-refractivity contribution in [1.29, 1.82) is 0 Å². The molecule has 2 N–H and O–H groups in total. The highest BCUT2D eigenvalue weighted by Crippen LogP contribution is 2.61. The van der Waals surface area contributed by atoms with Gasteiger partial charge in [-0.05, 0) is 109 Å². The predicted octanol–water partition coefficient (Wildman–Crippen LogP) is 5.61. The number of nitrogens with one attached hydrogen (secondary N) is 1. The van der Waals surface area contributed by atoms with E-state index in [9.17, 15) is 26.7 Å². The molecule has 0 bridgehead atoms. The molecular weight excluding hydrogens is 451 g/mol. The van der Waals surface area contributed by atoms with Gasteiger partial charge in [-0.25, -0.2) is 13.1 Å². The highest BCUT2D eigenvalue weighted by molar-refractivity contribution is 7.89. The number of hydrogen-bond acceptors (Lipinski definition) is 3. The molecule has 2 aromatic rings. The van der Waals surface area contributed by atoms with Gasteiger partial charge in [-0.2, -0.15) is 13.2 Å². The minimum atomic E-state index is -4.50. The lowest BCUT2D eigenvalue weighted by Gasteiger charge is -2.51. The monoisotopic (exact) mass is 479 g/mol. The molecular formula is C25H28F3NO3S. The zero-order valence-electron chi connectivity index (χ0n) is 18.4. The van der Waals surface area contributed by atoms with Crippen molar-refractivity contribution < 1.29 is 26.7 Å². The molecule has 0 unspecified atom stereocenters. The van der Waals surface area contributed by atoms with E-state index in [-0.39, 0.29) is 16.4 Å². The van der Waals surface area contributed by atoms with E-state index in [1.807, 2.05) is 12.1 Å². The second-order valence-corrected chi connectivity index (χ2v) is 11.8. The van der Waals surface area contributed by atoms with Crippen LogP contribution in [0.4, 0.5) is 13.2 Å². The highest BCUT2D eigenvalue weighted by Gasteiger charge is 2.55. The van der Waals surface area contributed by atoms with Gasteiger partial charge >= 0.3 is 6.18 Å². The average Bonchev–Trinajstić information content (AvgIpc) is 3.08. The molecule has 2 fully saturated rings. The van der Waals surface area contributed by atoms with Gasteiger partial charge in [0.25, 0.3) is 0 Å². The van der Waals surface area contributed by atoms with Crippen molar-refractivity contribution in [2.45, 2.75) is 68.5 Å². The highest BCUT2D eigenvalue weighted by atomic mass is 32.2. The number of hydrogen-bond donors (Lipinski definition) is 2. The van der Waals surface area contributed by atoms with Gasteiger partial charge in [0.15, 0.2) is 0 Å². The summed E-state index contributed by atoms with van der Waals surface area (Å²) >= 11 is 0. The fourth-order valence-electron chi connectivity index (χ4n) is 6.84. The van der Waals surface area contributed by atoms with Crippen LogP contribution in [0.25, 0.3) is 0 Å². The van der Waals surface area contributed by atoms with Gasteiger partial charge < -0.3 is 5.11 Å². The lowest BCUT2D eigenvalue weighted by atomic mass is 9.55. The number of benzene rings is 2. The summed E-state index contributed by atoms with van der Waals surface area (Å²) in [5.41, 5.74) is 1.49. The number of phenols is 1. The number of aryl methyl sites for hydroxylation is 1. The third-order valence-electron chi connectivity index (χ3n) is 8.50. The Kier molecular flexibility index (Phi) is 5.32. The van der Waals surface area contributed by atoms with Crippen LogP contribution in [0.3, 0.4) is 0 Å². The average molecular weight is 480 g/mol. The van der Waals surface area contributed by atoms with Crippen LogP contribution in [0.15, 0.2) is 47.4 Å². The van der Waals surface area contributed by atoms with Crippen molar-refractivity contribution >= 4 is 10.0 Å². The molecule has 0 aromatic heterocycles. The Labute approximate surface area is 192 Å². The summed E-state index contributed by atoms with van der Waals surface area (Å²) in [6.07, 6.45) is 0.961. The van der Waals surface area contributed by atoms with Crippen molar-refractivity contribution in [2.24, 2.45) is 17.3 Å². The van der Waals surface area contributed by atoms with Gasteiger partial charge in [0, 0.05) is 6.04 Å². The van der Waals surface area contributed by atoms with E-state index < -0.39 is 21.8 Å². The predicted molar refractivity (Wildman–Crippen MR) is 118 cm³/mol. The minimum absolute atomic E-state index is 0.136. The number of halogens is 3. The molecule has 2 saturated carbocycles. The molecule has 178 valence electrons. The van der Waals surface area contributed by atoms with Crippen LogP contribution < -0.4 is 4.72 Å². The Balaban J connectivity index is 1.36. The number of phenolic OH excluding ortho intramolecular Hbond substituents is 1. The summed E-state index contributed by atoms with van der Waals surface area (Å²) in [4.78, 5) is -0.136. The lowest BCUT2D eigenvalue weighted by Crippen LogP contribution is -2.50. The molecule has 3 aliphatic rings. The Hall–Kier alpha value is -2.06. The fourth-order valence-corrected chi connectivity index (χ4v) is 8.23. The van der Waals surface area contributed by atoms with Crippen LogP contribution in [0.5, 0.6) is 5.75 Å². The second-order valence-electron chi connectivity index (χ2n) is 10.1. The minimum Gasteiger partial charge on any atom is -0.508 e. The van der Waals surface area contributed by atoms with E-state index in [4.69, 9.17) is 0 Å². The maximum absolute atomic E-state index is 13.0. The second kappa shape index (κ2) is 7.73. The summed E-state index contributed by atoms with van der Waals surface area (Å²) in [6.45, 7) is 2.17. The van der Waals surface area contributed by atoms with Crippen LogP contribution in [0, 0.1) is 17.3 Å². The molecule has 0 amide bonds. The van der Waals surface area contributed by atoms with Gasteiger partial charge in [0.2, 0.25) is 10.0 Å². The molecule has 2 aromatic carbocycles. The largest absolute Gasteiger partial charge is 0.508 e. The SMILES string of the molecule is C[C@]12CC[C@@H]3c4ccc(O)cc4CC[C@H]3[C@@H]1CC[C@@H]2NS(=O)(=O)c1ccc(C(F)(F)F)cc1. The molecule has 4 nitrogen and oxygen atoms in total. The Morgan fingerprint density at radius 3 is 2.45 bits per heavy atom. The van der Waals surface area contributed by atoms with Crippen molar-refractivity contribution in [3.05, 3.63) is 59.2 Å². The first-order valence-corrected chi connectivity index (χ1v) is 13.0. The lowest BCUT2D eigenvalue weighted by molar-refractivity contribution is -0.137. The summed E-state index contributed by atoms with van der Waals surface area (Å²) in [5.74, 6) is 1.59. The van der Waals surface area contributed by atoms with Crippen LogP contribution in [0.2, 0.25) is 0 Å². The van der Waals surface area contributed by atoms with Gasteiger partial charge in [-0.1, -0.05) is 13.0 Å². The molecule has 5 atom stereocenters. The molecule has 33 heavy (non-hydrogen) atoms. The van der Waals surface area contributed by atoms with Gasteiger partial charge in [-0.3, -0.25) is 0 Å². The van der Waals surface area contributed by atoms with Gasteiger partial charge in [0.05, 0.1) is 10.5 Å². The maximum atomic E-state index is 13.0. The Bertz CT molecular complexity index is 1160. The smallest absolute Gasteiger partial charge is 0.416 e. The summed E-state index contributed by atoms with van der Waals surface area (Å²) in [7, 11) is -3.92. The third-order valence-corrected chi connectivity index (χ3v) is 9.99. The first kappa shape index (κ1) is 22.7. The van der Waals surface area contributed by atoms with E-state index >= 15 is 0 Å². The number of aromatic hydroxyl groups is 1. The third kappa shape index (κ3) is 3.85. The topological polar surface area (TPSA) is 66.4 Å². The zero-order chi connectivity index (χ0) is 23.6.